The first-order chi connectivity index (χ1) is 12.2. The first-order valence-electron chi connectivity index (χ1n) is 8.46. The van der Waals surface area contributed by atoms with Gasteiger partial charge in [0.05, 0.1) is 26.0 Å². The lowest BCUT2D eigenvalue weighted by Gasteiger charge is -2.22. The lowest BCUT2D eigenvalue weighted by Crippen LogP contribution is -2.29. The molecule has 3 rings (SSSR count). The van der Waals surface area contributed by atoms with E-state index >= 15 is 0 Å². The zero-order valence-electron chi connectivity index (χ0n) is 14.9. The van der Waals surface area contributed by atoms with Crippen molar-refractivity contribution in [2.75, 3.05) is 32.1 Å². The van der Waals surface area contributed by atoms with Gasteiger partial charge in [0.15, 0.2) is 17.2 Å². The average Bonchev–Trinajstić information content (AvgIpc) is 3.14. The van der Waals surface area contributed by atoms with Gasteiger partial charge in [0.25, 0.3) is 5.91 Å². The van der Waals surface area contributed by atoms with Crippen LogP contribution in [0.2, 0.25) is 0 Å². The Morgan fingerprint density at radius 1 is 1.35 bits per heavy atom. The molecule has 2 aromatic rings. The van der Waals surface area contributed by atoms with E-state index in [2.05, 4.69) is 20.9 Å². The van der Waals surface area contributed by atoms with Gasteiger partial charge in [0.1, 0.15) is 0 Å². The van der Waals surface area contributed by atoms with E-state index < -0.39 is 0 Å². The van der Waals surface area contributed by atoms with Gasteiger partial charge in [-0.15, -0.1) is 17.5 Å². The third kappa shape index (κ3) is 4.64. The molecule has 1 fully saturated rings. The fraction of sp³-hybridized carbons (Fsp3) is 0.471. The molecule has 142 valence electrons. The molecule has 0 radical (unpaired) electrons. The number of carbonyl (C=O) groups excluding carboxylic acids is 1. The number of hydrogen-bond donors (Lipinski definition) is 2. The maximum absolute atomic E-state index is 12.4. The summed E-state index contributed by atoms with van der Waals surface area (Å²) in [7, 11) is 1.56. The molecule has 0 aliphatic carbocycles. The van der Waals surface area contributed by atoms with Crippen molar-refractivity contribution in [3.63, 3.8) is 0 Å². The van der Waals surface area contributed by atoms with Crippen molar-refractivity contribution in [2.24, 2.45) is 0 Å². The van der Waals surface area contributed by atoms with Crippen molar-refractivity contribution in [2.45, 2.75) is 25.8 Å². The third-order valence-corrected chi connectivity index (χ3v) is 4.15. The van der Waals surface area contributed by atoms with E-state index in [-0.39, 0.29) is 18.3 Å². The number of hydrogen-bond acceptors (Lipinski definition) is 6. The van der Waals surface area contributed by atoms with E-state index in [1.54, 1.807) is 36.2 Å². The van der Waals surface area contributed by atoms with E-state index in [0.29, 0.717) is 35.5 Å². The van der Waals surface area contributed by atoms with E-state index in [1.165, 1.54) is 0 Å². The summed E-state index contributed by atoms with van der Waals surface area (Å²) >= 11 is 0. The second kappa shape index (κ2) is 9.40. The van der Waals surface area contributed by atoms with Crippen LogP contribution < -0.4 is 20.1 Å². The Hall–Kier alpha value is -2.32. The van der Waals surface area contributed by atoms with Gasteiger partial charge in [-0.2, -0.15) is 0 Å². The van der Waals surface area contributed by atoms with Crippen LogP contribution in [0.25, 0.3) is 0 Å². The van der Waals surface area contributed by atoms with Crippen LogP contribution >= 0.6 is 12.4 Å². The Balaban J connectivity index is 0.00000243. The average molecular weight is 382 g/mol. The number of nitrogens with zero attached hydrogens (tertiary/aromatic N) is 3. The smallest absolute Gasteiger partial charge is 0.277 e. The Kier molecular flexibility index (Phi) is 7.23. The molecule has 2 N–H and O–H groups in total. The maximum Gasteiger partial charge on any atom is 0.277 e. The molecular weight excluding hydrogens is 358 g/mol. The molecule has 0 spiro atoms. The van der Waals surface area contributed by atoms with Crippen molar-refractivity contribution in [3.8, 4) is 11.5 Å². The van der Waals surface area contributed by atoms with Crippen LogP contribution in [0.5, 0.6) is 11.5 Å². The largest absolute Gasteiger partial charge is 0.493 e. The zero-order valence-corrected chi connectivity index (χ0v) is 15.7. The Labute approximate surface area is 158 Å². The molecule has 1 amide bonds. The van der Waals surface area contributed by atoms with Crippen molar-refractivity contribution in [1.82, 2.24) is 20.3 Å². The molecule has 0 atom stereocenters. The number of nitrogens with one attached hydrogen (secondary N) is 2. The van der Waals surface area contributed by atoms with E-state index in [4.69, 9.17) is 9.47 Å². The molecule has 1 aliphatic heterocycles. The van der Waals surface area contributed by atoms with Crippen LogP contribution in [0.4, 0.5) is 5.69 Å². The van der Waals surface area contributed by atoms with E-state index in [1.807, 2.05) is 6.92 Å². The SMILES string of the molecule is CCOc1ccc(NC(=O)c2cn(C3CCNCC3)nn2)cc1OC.Cl. The Morgan fingerprint density at radius 3 is 2.81 bits per heavy atom. The molecule has 1 aromatic carbocycles. The first-order valence-corrected chi connectivity index (χ1v) is 8.46. The number of ether oxygens (including phenoxy) is 2. The van der Waals surface area contributed by atoms with Gasteiger partial charge in [0.2, 0.25) is 0 Å². The zero-order chi connectivity index (χ0) is 17.6. The molecule has 0 bridgehead atoms. The first kappa shape index (κ1) is 20.0. The summed E-state index contributed by atoms with van der Waals surface area (Å²) in [4.78, 5) is 12.4. The molecule has 1 aliphatic rings. The van der Waals surface area contributed by atoms with Gasteiger partial charge < -0.3 is 20.1 Å². The van der Waals surface area contributed by atoms with Crippen LogP contribution in [0.1, 0.15) is 36.3 Å². The van der Waals surface area contributed by atoms with Gasteiger partial charge in [-0.25, -0.2) is 4.68 Å². The highest BCUT2D eigenvalue weighted by Gasteiger charge is 2.19. The standard InChI is InChI=1S/C17H23N5O3.ClH/c1-3-25-15-5-4-12(10-16(15)24-2)19-17(23)14-11-22(21-20-14)13-6-8-18-9-7-13;/h4-5,10-11,13,18H,3,6-9H2,1-2H3,(H,19,23);1H. The summed E-state index contributed by atoms with van der Waals surface area (Å²) in [5, 5.41) is 14.2. The summed E-state index contributed by atoms with van der Waals surface area (Å²) in [6.07, 6.45) is 3.68. The fourth-order valence-electron chi connectivity index (χ4n) is 2.85. The van der Waals surface area contributed by atoms with Crippen molar-refractivity contribution in [1.29, 1.82) is 0 Å². The number of rotatable bonds is 6. The molecule has 0 unspecified atom stereocenters. The van der Waals surface area contributed by atoms with Gasteiger partial charge in [-0.05, 0) is 45.0 Å². The second-order valence-electron chi connectivity index (χ2n) is 5.82. The minimum atomic E-state index is -0.300. The minimum Gasteiger partial charge on any atom is -0.493 e. The number of methoxy groups -OCH3 is 1. The molecule has 1 aromatic heterocycles. The highest BCUT2D eigenvalue weighted by atomic mass is 35.5. The van der Waals surface area contributed by atoms with Crippen LogP contribution in [-0.4, -0.2) is 47.7 Å². The third-order valence-electron chi connectivity index (χ3n) is 4.15. The lowest BCUT2D eigenvalue weighted by atomic mass is 10.1. The van der Waals surface area contributed by atoms with Crippen molar-refractivity contribution in [3.05, 3.63) is 30.1 Å². The number of aromatic nitrogens is 3. The molecule has 1 saturated heterocycles. The summed E-state index contributed by atoms with van der Waals surface area (Å²) in [6.45, 7) is 4.36. The van der Waals surface area contributed by atoms with Crippen LogP contribution in [0.3, 0.4) is 0 Å². The van der Waals surface area contributed by atoms with Crippen LogP contribution in [0, 0.1) is 0 Å². The number of piperidine rings is 1. The predicted octanol–water partition coefficient (Wildman–Crippen LogP) is 2.28. The van der Waals surface area contributed by atoms with Gasteiger partial charge in [-0.1, -0.05) is 5.21 Å². The van der Waals surface area contributed by atoms with Crippen LogP contribution in [0.15, 0.2) is 24.4 Å². The number of carbonyl (C=O) groups is 1. The fourth-order valence-corrected chi connectivity index (χ4v) is 2.85. The van der Waals surface area contributed by atoms with Crippen molar-refractivity contribution >= 4 is 24.0 Å². The van der Waals surface area contributed by atoms with Gasteiger partial charge >= 0.3 is 0 Å². The molecular formula is C17H24ClN5O3. The normalized spacial score (nSPS) is 14.4. The maximum atomic E-state index is 12.4. The lowest BCUT2D eigenvalue weighted by molar-refractivity contribution is 0.102. The van der Waals surface area contributed by atoms with E-state index in [0.717, 1.165) is 25.9 Å². The number of benzene rings is 1. The second-order valence-corrected chi connectivity index (χ2v) is 5.82. The number of anilines is 1. The summed E-state index contributed by atoms with van der Waals surface area (Å²) in [5.74, 6) is 0.907. The summed E-state index contributed by atoms with van der Waals surface area (Å²) in [6, 6.07) is 5.55. The molecule has 9 heteroatoms. The van der Waals surface area contributed by atoms with Crippen molar-refractivity contribution < 1.29 is 14.3 Å². The molecule has 26 heavy (non-hydrogen) atoms. The van der Waals surface area contributed by atoms with Crippen LogP contribution in [-0.2, 0) is 0 Å². The molecule has 8 nitrogen and oxygen atoms in total. The van der Waals surface area contributed by atoms with Gasteiger partial charge in [0, 0.05) is 11.8 Å². The molecule has 2 heterocycles. The van der Waals surface area contributed by atoms with E-state index in [9.17, 15) is 4.79 Å². The molecule has 0 saturated carbocycles. The number of halogens is 1. The highest BCUT2D eigenvalue weighted by molar-refractivity contribution is 6.02. The van der Waals surface area contributed by atoms with Gasteiger partial charge in [-0.3, -0.25) is 4.79 Å². The summed E-state index contributed by atoms with van der Waals surface area (Å²) < 4.78 is 12.6. The quantitative estimate of drug-likeness (QED) is 0.797. The number of amides is 1. The Bertz CT molecular complexity index is 731. The predicted molar refractivity (Wildman–Crippen MR) is 101 cm³/mol. The topological polar surface area (TPSA) is 90.3 Å². The Morgan fingerprint density at radius 2 is 2.12 bits per heavy atom. The summed E-state index contributed by atoms with van der Waals surface area (Å²) in [5.41, 5.74) is 0.910. The monoisotopic (exact) mass is 381 g/mol. The minimum absolute atomic E-state index is 0. The highest BCUT2D eigenvalue weighted by Crippen LogP contribution is 2.30.